The van der Waals surface area contributed by atoms with Crippen molar-refractivity contribution >= 4 is 23.5 Å². The first-order valence-corrected chi connectivity index (χ1v) is 6.29. The van der Waals surface area contributed by atoms with Crippen molar-refractivity contribution in [1.82, 2.24) is 15.0 Å². The predicted molar refractivity (Wildman–Crippen MR) is 73.3 cm³/mol. The molecule has 0 spiro atoms. The van der Waals surface area contributed by atoms with Gasteiger partial charge in [-0.2, -0.15) is 0 Å². The highest BCUT2D eigenvalue weighted by Gasteiger charge is 2.27. The largest absolute Gasteiger partial charge is 0.464 e. The van der Waals surface area contributed by atoms with Crippen molar-refractivity contribution in [2.24, 2.45) is 0 Å². The van der Waals surface area contributed by atoms with Crippen molar-refractivity contribution in [2.45, 2.75) is 6.54 Å². The summed E-state index contributed by atoms with van der Waals surface area (Å²) in [5, 5.41) is 7.99. The van der Waals surface area contributed by atoms with Gasteiger partial charge in [0.1, 0.15) is 0 Å². The second-order valence-corrected chi connectivity index (χ2v) is 4.43. The number of aromatic nitrogens is 3. The van der Waals surface area contributed by atoms with E-state index in [1.807, 2.05) is 0 Å². The molecule has 0 aliphatic carbocycles. The maximum absolute atomic E-state index is 11.8. The lowest BCUT2D eigenvalue weighted by atomic mass is 10.2. The Morgan fingerprint density at radius 2 is 1.86 bits per heavy atom. The van der Waals surface area contributed by atoms with Gasteiger partial charge in [-0.05, 0) is 11.6 Å². The summed E-state index contributed by atoms with van der Waals surface area (Å²) in [5.74, 6) is -1.49. The summed E-state index contributed by atoms with van der Waals surface area (Å²) < 4.78 is 10.5. The summed E-state index contributed by atoms with van der Waals surface area (Å²) in [7, 11) is 2.40. The second-order valence-electron chi connectivity index (χ2n) is 4.02. The molecule has 0 saturated carbocycles. The first kappa shape index (κ1) is 15.0. The summed E-state index contributed by atoms with van der Waals surface area (Å²) in [6.45, 7) is 0.175. The van der Waals surface area contributed by atoms with Crippen molar-refractivity contribution in [1.29, 1.82) is 0 Å². The smallest absolute Gasteiger partial charge is 0.361 e. The number of ether oxygens (including phenoxy) is 2. The van der Waals surface area contributed by atoms with E-state index in [4.69, 9.17) is 11.6 Å². The van der Waals surface area contributed by atoms with Crippen LogP contribution < -0.4 is 0 Å². The third kappa shape index (κ3) is 3.03. The van der Waals surface area contributed by atoms with Crippen LogP contribution >= 0.6 is 11.6 Å². The Bertz CT molecular complexity index is 684. The third-order valence-electron chi connectivity index (χ3n) is 2.77. The van der Waals surface area contributed by atoms with Crippen molar-refractivity contribution in [3.63, 3.8) is 0 Å². The number of carbonyl (C=O) groups is 2. The summed E-state index contributed by atoms with van der Waals surface area (Å²) in [4.78, 5) is 23.5. The van der Waals surface area contributed by atoms with Crippen molar-refractivity contribution in [2.75, 3.05) is 14.2 Å². The maximum atomic E-state index is 11.8. The number of rotatable bonds is 4. The molecular formula is C13H12ClN3O4. The summed E-state index contributed by atoms with van der Waals surface area (Å²) in [6, 6.07) is 7.08. The van der Waals surface area contributed by atoms with E-state index in [1.165, 1.54) is 18.9 Å². The Hall–Kier alpha value is -2.41. The van der Waals surface area contributed by atoms with Gasteiger partial charge >= 0.3 is 11.9 Å². The van der Waals surface area contributed by atoms with E-state index in [2.05, 4.69) is 19.8 Å². The molecule has 0 saturated heterocycles. The van der Waals surface area contributed by atoms with Gasteiger partial charge in [-0.15, -0.1) is 5.10 Å². The van der Waals surface area contributed by atoms with Gasteiger partial charge in [-0.25, -0.2) is 14.3 Å². The van der Waals surface area contributed by atoms with Crippen LogP contribution in [0.2, 0.25) is 5.02 Å². The van der Waals surface area contributed by atoms with Crippen LogP contribution in [0.25, 0.3) is 0 Å². The van der Waals surface area contributed by atoms with Crippen LogP contribution in [-0.4, -0.2) is 41.2 Å². The number of hydrogen-bond donors (Lipinski definition) is 0. The van der Waals surface area contributed by atoms with E-state index < -0.39 is 11.9 Å². The minimum Gasteiger partial charge on any atom is -0.464 e. The molecule has 8 heteroatoms. The summed E-state index contributed by atoms with van der Waals surface area (Å²) >= 11 is 6.07. The van der Waals surface area contributed by atoms with Gasteiger partial charge in [0.25, 0.3) is 0 Å². The molecular weight excluding hydrogens is 298 g/mol. The topological polar surface area (TPSA) is 83.3 Å². The maximum Gasteiger partial charge on any atom is 0.361 e. The molecule has 1 aromatic heterocycles. The fraction of sp³-hybridized carbons (Fsp3) is 0.231. The Morgan fingerprint density at radius 1 is 1.19 bits per heavy atom. The zero-order valence-electron chi connectivity index (χ0n) is 11.4. The SMILES string of the molecule is COC(=O)c1nnn(Cc2ccccc2Cl)c1C(=O)OC. The molecule has 2 aromatic rings. The Morgan fingerprint density at radius 3 is 2.48 bits per heavy atom. The molecule has 7 nitrogen and oxygen atoms in total. The van der Waals surface area contributed by atoms with E-state index in [1.54, 1.807) is 24.3 Å². The Kier molecular flexibility index (Phi) is 4.54. The third-order valence-corrected chi connectivity index (χ3v) is 3.14. The van der Waals surface area contributed by atoms with Crippen LogP contribution in [0.4, 0.5) is 0 Å². The molecule has 0 unspecified atom stereocenters. The molecule has 0 aliphatic rings. The molecule has 21 heavy (non-hydrogen) atoms. The molecule has 0 amide bonds. The monoisotopic (exact) mass is 309 g/mol. The van der Waals surface area contributed by atoms with E-state index in [9.17, 15) is 9.59 Å². The first-order valence-electron chi connectivity index (χ1n) is 5.92. The number of methoxy groups -OCH3 is 2. The zero-order chi connectivity index (χ0) is 15.4. The molecule has 2 rings (SSSR count). The fourth-order valence-electron chi connectivity index (χ4n) is 1.74. The summed E-state index contributed by atoms with van der Waals surface area (Å²) in [5.41, 5.74) is 0.450. The minimum absolute atomic E-state index is 0.0794. The Balaban J connectivity index is 2.45. The predicted octanol–water partition coefficient (Wildman–Crippen LogP) is 1.55. The van der Waals surface area contributed by atoms with Gasteiger partial charge in [0.05, 0.1) is 20.8 Å². The molecule has 0 bridgehead atoms. The van der Waals surface area contributed by atoms with Crippen molar-refractivity contribution in [3.05, 3.63) is 46.2 Å². The van der Waals surface area contributed by atoms with E-state index >= 15 is 0 Å². The zero-order valence-corrected chi connectivity index (χ0v) is 12.1. The van der Waals surface area contributed by atoms with Gasteiger partial charge in [0.2, 0.25) is 5.69 Å². The van der Waals surface area contributed by atoms with E-state index in [0.717, 1.165) is 5.56 Å². The lowest BCUT2D eigenvalue weighted by Gasteiger charge is -2.07. The van der Waals surface area contributed by atoms with Gasteiger partial charge in [0.15, 0.2) is 5.69 Å². The first-order chi connectivity index (χ1) is 10.1. The fourth-order valence-corrected chi connectivity index (χ4v) is 1.94. The van der Waals surface area contributed by atoms with Crippen molar-refractivity contribution in [3.8, 4) is 0 Å². The minimum atomic E-state index is -0.763. The van der Waals surface area contributed by atoms with Gasteiger partial charge in [-0.3, -0.25) is 0 Å². The van der Waals surface area contributed by atoms with Crippen LogP contribution in [0.15, 0.2) is 24.3 Å². The van der Waals surface area contributed by atoms with Gasteiger partial charge in [-0.1, -0.05) is 35.0 Å². The quantitative estimate of drug-likeness (QED) is 0.797. The van der Waals surface area contributed by atoms with Crippen molar-refractivity contribution < 1.29 is 19.1 Å². The molecule has 110 valence electrons. The average Bonchev–Trinajstić information content (AvgIpc) is 2.91. The van der Waals surface area contributed by atoms with Crippen LogP contribution in [0, 0.1) is 0 Å². The molecule has 0 atom stereocenters. The molecule has 1 aromatic carbocycles. The molecule has 0 radical (unpaired) electrons. The summed E-state index contributed by atoms with van der Waals surface area (Å²) in [6.07, 6.45) is 0. The number of hydrogen-bond acceptors (Lipinski definition) is 6. The number of nitrogens with zero attached hydrogens (tertiary/aromatic N) is 3. The van der Waals surface area contributed by atoms with Crippen LogP contribution in [0.5, 0.6) is 0 Å². The van der Waals surface area contributed by atoms with E-state index in [0.29, 0.717) is 5.02 Å². The number of carbonyl (C=O) groups excluding carboxylic acids is 2. The normalized spacial score (nSPS) is 10.2. The standard InChI is InChI=1S/C13H12ClN3O4/c1-20-12(18)10-11(13(19)21-2)17(16-15-10)7-8-5-3-4-6-9(8)14/h3-6H,7H2,1-2H3. The molecule has 0 fully saturated rings. The average molecular weight is 310 g/mol. The Labute approximate surface area is 125 Å². The molecule has 0 N–H and O–H groups in total. The lowest BCUT2D eigenvalue weighted by Crippen LogP contribution is -2.17. The second kappa shape index (κ2) is 6.36. The van der Waals surface area contributed by atoms with Crippen LogP contribution in [0.1, 0.15) is 26.5 Å². The van der Waals surface area contributed by atoms with Gasteiger partial charge in [0, 0.05) is 5.02 Å². The number of benzene rings is 1. The number of esters is 2. The molecule has 1 heterocycles. The molecule has 0 aliphatic heterocycles. The lowest BCUT2D eigenvalue weighted by molar-refractivity contribution is 0.0544. The number of halogens is 1. The highest BCUT2D eigenvalue weighted by Crippen LogP contribution is 2.18. The van der Waals surface area contributed by atoms with Gasteiger partial charge < -0.3 is 9.47 Å². The van der Waals surface area contributed by atoms with Crippen LogP contribution in [0.3, 0.4) is 0 Å². The van der Waals surface area contributed by atoms with E-state index in [-0.39, 0.29) is 17.9 Å². The highest BCUT2D eigenvalue weighted by molar-refractivity contribution is 6.31. The van der Waals surface area contributed by atoms with Crippen LogP contribution in [-0.2, 0) is 16.0 Å². The highest BCUT2D eigenvalue weighted by atomic mass is 35.5.